The molecule has 1 aromatic heterocycles. The quantitative estimate of drug-likeness (QED) is 0.450. The second-order valence-electron chi connectivity index (χ2n) is 6.12. The summed E-state index contributed by atoms with van der Waals surface area (Å²) in [7, 11) is 0. The highest BCUT2D eigenvalue weighted by Gasteiger charge is 2.13. The molecule has 2 N–H and O–H groups in total. The van der Waals surface area contributed by atoms with Crippen LogP contribution in [0.3, 0.4) is 0 Å². The summed E-state index contributed by atoms with van der Waals surface area (Å²) in [6, 6.07) is 16.4. The van der Waals surface area contributed by atoms with E-state index in [9.17, 15) is 14.9 Å². The third kappa shape index (κ3) is 4.54. The highest BCUT2D eigenvalue weighted by Crippen LogP contribution is 2.25. The molecule has 1 amide bonds. The minimum absolute atomic E-state index is 0.133. The first kappa shape index (κ1) is 19.9. The normalized spacial score (nSPS) is 11.0. The lowest BCUT2D eigenvalue weighted by Gasteiger charge is -2.08. The van der Waals surface area contributed by atoms with Gasteiger partial charge in [0, 0.05) is 22.3 Å². The van der Waals surface area contributed by atoms with Gasteiger partial charge < -0.3 is 14.8 Å². The minimum Gasteiger partial charge on any atom is -0.478 e. The van der Waals surface area contributed by atoms with Gasteiger partial charge in [-0.15, -0.1) is 0 Å². The van der Waals surface area contributed by atoms with Crippen molar-refractivity contribution in [2.24, 2.45) is 0 Å². The van der Waals surface area contributed by atoms with Gasteiger partial charge in [0.05, 0.1) is 5.56 Å². The van der Waals surface area contributed by atoms with Gasteiger partial charge in [-0.25, -0.2) is 4.79 Å². The van der Waals surface area contributed by atoms with E-state index in [1.54, 1.807) is 49.4 Å². The summed E-state index contributed by atoms with van der Waals surface area (Å²) in [4.78, 5) is 23.4. The maximum absolute atomic E-state index is 12.4. The van der Waals surface area contributed by atoms with Crippen molar-refractivity contribution in [3.05, 3.63) is 82.1 Å². The molecule has 2 aromatic carbocycles. The van der Waals surface area contributed by atoms with Gasteiger partial charge >= 0.3 is 5.97 Å². The predicted molar refractivity (Wildman–Crippen MR) is 110 cm³/mol. The Morgan fingerprint density at radius 3 is 2.52 bits per heavy atom. The second kappa shape index (κ2) is 8.46. The van der Waals surface area contributed by atoms with Crippen LogP contribution >= 0.6 is 11.6 Å². The number of carbonyl (C=O) groups excluding carboxylic acids is 1. The van der Waals surface area contributed by atoms with Gasteiger partial charge in [-0.2, -0.15) is 5.26 Å². The fraction of sp³-hybridized carbons (Fsp3) is 0.0455. The van der Waals surface area contributed by atoms with E-state index in [4.69, 9.17) is 21.1 Å². The molecule has 0 bridgehead atoms. The number of halogens is 1. The number of hydrogen-bond donors (Lipinski definition) is 2. The van der Waals surface area contributed by atoms with Gasteiger partial charge in [0.1, 0.15) is 23.2 Å². The summed E-state index contributed by atoms with van der Waals surface area (Å²) < 4.78 is 5.67. The molecule has 0 spiro atoms. The lowest BCUT2D eigenvalue weighted by molar-refractivity contribution is -0.112. The molecule has 0 atom stereocenters. The van der Waals surface area contributed by atoms with Crippen LogP contribution in [0.15, 0.2) is 64.6 Å². The third-order valence-corrected chi connectivity index (χ3v) is 4.62. The first-order valence-electron chi connectivity index (χ1n) is 8.51. The summed E-state index contributed by atoms with van der Waals surface area (Å²) in [6.07, 6.45) is 1.34. The van der Waals surface area contributed by atoms with Gasteiger partial charge in [-0.3, -0.25) is 4.79 Å². The smallest absolute Gasteiger partial charge is 0.335 e. The molecule has 3 aromatic rings. The maximum atomic E-state index is 12.4. The van der Waals surface area contributed by atoms with Crippen molar-refractivity contribution in [3.8, 4) is 17.4 Å². The molecule has 0 aliphatic carbocycles. The van der Waals surface area contributed by atoms with E-state index in [0.29, 0.717) is 33.4 Å². The Labute approximate surface area is 171 Å². The molecule has 7 heteroatoms. The van der Waals surface area contributed by atoms with Gasteiger partial charge in [-0.1, -0.05) is 29.8 Å². The highest BCUT2D eigenvalue weighted by atomic mass is 35.5. The van der Waals surface area contributed by atoms with E-state index >= 15 is 0 Å². The number of furan rings is 1. The molecule has 29 heavy (non-hydrogen) atoms. The topological polar surface area (TPSA) is 103 Å². The number of carboxylic acids is 1. The van der Waals surface area contributed by atoms with Crippen molar-refractivity contribution in [2.75, 3.05) is 5.32 Å². The molecule has 0 saturated heterocycles. The number of carboxylic acid groups (broad SMARTS) is 1. The van der Waals surface area contributed by atoms with Gasteiger partial charge in [-0.05, 0) is 48.9 Å². The Morgan fingerprint density at radius 1 is 1.14 bits per heavy atom. The van der Waals surface area contributed by atoms with Crippen LogP contribution in [0.5, 0.6) is 0 Å². The number of nitrogens with one attached hydrogen (secondary N) is 1. The average Bonchev–Trinajstić information content (AvgIpc) is 3.18. The first-order valence-corrected chi connectivity index (χ1v) is 8.88. The second-order valence-corrected chi connectivity index (χ2v) is 6.53. The lowest BCUT2D eigenvalue weighted by atomic mass is 10.1. The number of hydrogen-bond acceptors (Lipinski definition) is 4. The van der Waals surface area contributed by atoms with E-state index in [-0.39, 0.29) is 11.1 Å². The molecule has 0 fully saturated rings. The Bertz CT molecular complexity index is 1150. The number of aromatic carboxylic acids is 1. The summed E-state index contributed by atoms with van der Waals surface area (Å²) in [5, 5.41) is 21.5. The van der Waals surface area contributed by atoms with Crippen molar-refractivity contribution in [1.82, 2.24) is 0 Å². The van der Waals surface area contributed by atoms with Crippen LogP contribution in [0.4, 0.5) is 5.69 Å². The van der Waals surface area contributed by atoms with Crippen molar-refractivity contribution in [1.29, 1.82) is 5.26 Å². The number of anilines is 1. The molecule has 6 nitrogen and oxygen atoms in total. The average molecular weight is 407 g/mol. The van der Waals surface area contributed by atoms with Crippen LogP contribution in [-0.2, 0) is 4.79 Å². The van der Waals surface area contributed by atoms with Crippen LogP contribution in [0.2, 0.25) is 5.02 Å². The van der Waals surface area contributed by atoms with Crippen molar-refractivity contribution in [3.63, 3.8) is 0 Å². The van der Waals surface area contributed by atoms with Gasteiger partial charge in [0.2, 0.25) is 0 Å². The Hall–Kier alpha value is -3.82. The van der Waals surface area contributed by atoms with Crippen LogP contribution in [0.25, 0.3) is 17.4 Å². The van der Waals surface area contributed by atoms with Crippen LogP contribution in [0, 0.1) is 18.3 Å². The summed E-state index contributed by atoms with van der Waals surface area (Å²) in [6.45, 7) is 1.77. The van der Waals surface area contributed by atoms with Crippen molar-refractivity contribution >= 4 is 35.2 Å². The summed E-state index contributed by atoms with van der Waals surface area (Å²) in [5.41, 5.74) is 1.92. The lowest BCUT2D eigenvalue weighted by Crippen LogP contribution is -2.14. The number of rotatable bonds is 5. The number of carbonyl (C=O) groups is 2. The molecular formula is C22H15ClN2O4. The van der Waals surface area contributed by atoms with Gasteiger partial charge in [0.25, 0.3) is 5.91 Å². The standard InChI is InChI=1S/C22H15ClN2O4/c1-13-18(23)3-2-4-19(13)25-21(26)16(12-24)11-17-9-10-20(29-17)14-5-7-15(8-6-14)22(27)28/h2-11H,1H3,(H,25,26)(H,27,28). The molecule has 3 rings (SSSR count). The monoisotopic (exact) mass is 406 g/mol. The predicted octanol–water partition coefficient (Wildman–Crippen LogP) is 5.15. The molecule has 0 saturated carbocycles. The Morgan fingerprint density at radius 2 is 1.86 bits per heavy atom. The number of benzene rings is 2. The molecule has 0 aliphatic rings. The first-order chi connectivity index (χ1) is 13.9. The minimum atomic E-state index is -1.01. The molecule has 0 unspecified atom stereocenters. The third-order valence-electron chi connectivity index (χ3n) is 4.21. The van der Waals surface area contributed by atoms with Crippen molar-refractivity contribution in [2.45, 2.75) is 6.92 Å². The number of nitrogens with zero attached hydrogens (tertiary/aromatic N) is 1. The van der Waals surface area contributed by atoms with E-state index in [2.05, 4.69) is 5.32 Å². The van der Waals surface area contributed by atoms with E-state index in [0.717, 1.165) is 0 Å². The fourth-order valence-corrected chi connectivity index (χ4v) is 2.76. The van der Waals surface area contributed by atoms with Crippen molar-refractivity contribution < 1.29 is 19.1 Å². The summed E-state index contributed by atoms with van der Waals surface area (Å²) >= 11 is 6.05. The SMILES string of the molecule is Cc1c(Cl)cccc1NC(=O)C(C#N)=Cc1ccc(-c2ccc(C(=O)O)cc2)o1. The molecule has 0 aliphatic heterocycles. The zero-order valence-corrected chi connectivity index (χ0v) is 16.0. The molecule has 144 valence electrons. The van der Waals surface area contributed by atoms with Crippen LogP contribution in [0.1, 0.15) is 21.7 Å². The maximum Gasteiger partial charge on any atom is 0.335 e. The fourth-order valence-electron chi connectivity index (χ4n) is 2.59. The van der Waals surface area contributed by atoms with E-state index < -0.39 is 11.9 Å². The number of nitriles is 1. The molecule has 1 heterocycles. The molecule has 0 radical (unpaired) electrons. The van der Waals surface area contributed by atoms with Crippen LogP contribution < -0.4 is 5.32 Å². The highest BCUT2D eigenvalue weighted by molar-refractivity contribution is 6.31. The van der Waals surface area contributed by atoms with Gasteiger partial charge in [0.15, 0.2) is 0 Å². The zero-order chi connectivity index (χ0) is 21.0. The molecular weight excluding hydrogens is 392 g/mol. The zero-order valence-electron chi connectivity index (χ0n) is 15.3. The largest absolute Gasteiger partial charge is 0.478 e. The van der Waals surface area contributed by atoms with E-state index in [1.165, 1.54) is 18.2 Å². The van der Waals surface area contributed by atoms with E-state index in [1.807, 2.05) is 6.07 Å². The Kier molecular flexibility index (Phi) is 5.82. The Balaban J connectivity index is 1.81. The van der Waals surface area contributed by atoms with Crippen LogP contribution in [-0.4, -0.2) is 17.0 Å². The number of amides is 1. The summed E-state index contributed by atoms with van der Waals surface area (Å²) in [5.74, 6) is -0.797.